The second kappa shape index (κ2) is 8.94. The maximum absolute atomic E-state index is 5.21. The normalized spacial score (nSPS) is 19.7. The first kappa shape index (κ1) is 19.8. The number of aromatic nitrogens is 2. The average molecular weight is 465 g/mol. The van der Waals surface area contributed by atoms with Crippen molar-refractivity contribution < 1.29 is 0 Å². The SMILES string of the molecule is Brc1ccc(-n2nc(C3CCCN(Cc4ccccc4)C3)c3c2NCCCC3)cc1. The molecular formula is C25H29BrN4. The predicted molar refractivity (Wildman–Crippen MR) is 126 cm³/mol. The number of nitrogens with zero attached hydrogens (tertiary/aromatic N) is 3. The Morgan fingerprint density at radius 2 is 1.83 bits per heavy atom. The molecule has 3 heterocycles. The van der Waals surface area contributed by atoms with E-state index >= 15 is 0 Å². The third-order valence-corrected chi connectivity index (χ3v) is 6.90. The zero-order valence-corrected chi connectivity index (χ0v) is 18.9. The molecule has 0 aliphatic carbocycles. The molecule has 0 saturated carbocycles. The first-order valence-electron chi connectivity index (χ1n) is 11.2. The zero-order chi connectivity index (χ0) is 20.3. The summed E-state index contributed by atoms with van der Waals surface area (Å²) < 4.78 is 3.25. The Balaban J connectivity index is 1.45. The van der Waals surface area contributed by atoms with Crippen LogP contribution in [0.5, 0.6) is 0 Å². The molecule has 1 saturated heterocycles. The van der Waals surface area contributed by atoms with Crippen LogP contribution in [0.1, 0.15) is 48.4 Å². The average Bonchev–Trinajstić information content (AvgIpc) is 2.96. The quantitative estimate of drug-likeness (QED) is 0.532. The highest BCUT2D eigenvalue weighted by Crippen LogP contribution is 2.36. The largest absolute Gasteiger partial charge is 0.370 e. The molecule has 0 radical (unpaired) electrons. The van der Waals surface area contributed by atoms with Crippen LogP contribution in [0.2, 0.25) is 0 Å². The van der Waals surface area contributed by atoms with E-state index in [0.29, 0.717) is 5.92 Å². The molecule has 1 atom stereocenters. The number of rotatable bonds is 4. The number of hydrogen-bond acceptors (Lipinski definition) is 3. The van der Waals surface area contributed by atoms with E-state index < -0.39 is 0 Å². The van der Waals surface area contributed by atoms with Gasteiger partial charge in [0, 0.05) is 35.6 Å². The van der Waals surface area contributed by atoms with E-state index in [1.54, 1.807) is 0 Å². The van der Waals surface area contributed by atoms with Crippen LogP contribution in [-0.2, 0) is 13.0 Å². The number of fused-ring (bicyclic) bond motifs is 1. The van der Waals surface area contributed by atoms with E-state index in [2.05, 4.69) is 85.4 Å². The topological polar surface area (TPSA) is 33.1 Å². The first-order valence-corrected chi connectivity index (χ1v) is 11.9. The minimum absolute atomic E-state index is 0.507. The zero-order valence-electron chi connectivity index (χ0n) is 17.4. The Labute approximate surface area is 187 Å². The van der Waals surface area contributed by atoms with Crippen molar-refractivity contribution in [1.82, 2.24) is 14.7 Å². The summed E-state index contributed by atoms with van der Waals surface area (Å²) >= 11 is 3.56. The molecular weight excluding hydrogens is 436 g/mol. The van der Waals surface area contributed by atoms with Gasteiger partial charge in [-0.25, -0.2) is 4.68 Å². The fraction of sp³-hybridized carbons (Fsp3) is 0.400. The molecule has 3 aromatic rings. The smallest absolute Gasteiger partial charge is 0.133 e. The molecule has 2 aliphatic heterocycles. The van der Waals surface area contributed by atoms with Gasteiger partial charge in [-0.05, 0) is 68.5 Å². The summed E-state index contributed by atoms with van der Waals surface area (Å²) in [6.45, 7) is 4.34. The molecule has 156 valence electrons. The van der Waals surface area contributed by atoms with Gasteiger partial charge in [0.05, 0.1) is 11.4 Å². The number of nitrogens with one attached hydrogen (secondary N) is 1. The second-order valence-corrected chi connectivity index (χ2v) is 9.46. The lowest BCUT2D eigenvalue weighted by molar-refractivity contribution is 0.198. The van der Waals surface area contributed by atoms with Crippen molar-refractivity contribution in [2.24, 2.45) is 0 Å². The molecule has 2 aromatic carbocycles. The molecule has 1 N–H and O–H groups in total. The summed E-state index contributed by atoms with van der Waals surface area (Å²) in [5.41, 5.74) is 5.30. The number of hydrogen-bond donors (Lipinski definition) is 1. The van der Waals surface area contributed by atoms with E-state index in [0.717, 1.165) is 36.2 Å². The van der Waals surface area contributed by atoms with Gasteiger partial charge in [0.15, 0.2) is 0 Å². The maximum Gasteiger partial charge on any atom is 0.133 e. The molecule has 0 amide bonds. The number of halogens is 1. The van der Waals surface area contributed by atoms with Crippen molar-refractivity contribution in [3.8, 4) is 5.69 Å². The van der Waals surface area contributed by atoms with E-state index in [1.165, 1.54) is 54.9 Å². The van der Waals surface area contributed by atoms with Crippen LogP contribution >= 0.6 is 15.9 Å². The number of likely N-dealkylation sites (tertiary alicyclic amines) is 1. The molecule has 5 heteroatoms. The van der Waals surface area contributed by atoms with Crippen LogP contribution in [0, 0.1) is 0 Å². The highest BCUT2D eigenvalue weighted by atomic mass is 79.9. The molecule has 0 bridgehead atoms. The minimum Gasteiger partial charge on any atom is -0.370 e. The van der Waals surface area contributed by atoms with Gasteiger partial charge in [-0.2, -0.15) is 5.10 Å². The van der Waals surface area contributed by atoms with E-state index in [9.17, 15) is 0 Å². The van der Waals surface area contributed by atoms with Gasteiger partial charge in [-0.15, -0.1) is 0 Å². The Kier molecular flexibility index (Phi) is 5.91. The van der Waals surface area contributed by atoms with E-state index in [1.807, 2.05) is 0 Å². The van der Waals surface area contributed by atoms with Crippen molar-refractivity contribution in [1.29, 1.82) is 0 Å². The second-order valence-electron chi connectivity index (χ2n) is 8.54. The van der Waals surface area contributed by atoms with Crippen molar-refractivity contribution in [2.45, 2.75) is 44.6 Å². The third-order valence-electron chi connectivity index (χ3n) is 6.37. The summed E-state index contributed by atoms with van der Waals surface area (Å²) in [7, 11) is 0. The van der Waals surface area contributed by atoms with Crippen LogP contribution in [0.25, 0.3) is 5.69 Å². The van der Waals surface area contributed by atoms with Crippen molar-refractivity contribution in [3.05, 3.63) is 75.9 Å². The monoisotopic (exact) mass is 464 g/mol. The van der Waals surface area contributed by atoms with Gasteiger partial charge in [0.1, 0.15) is 5.82 Å². The van der Waals surface area contributed by atoms with Gasteiger partial charge >= 0.3 is 0 Å². The number of piperidine rings is 1. The lowest BCUT2D eigenvalue weighted by Gasteiger charge is -2.32. The predicted octanol–water partition coefficient (Wildman–Crippen LogP) is 5.76. The van der Waals surface area contributed by atoms with Crippen molar-refractivity contribution in [2.75, 3.05) is 25.0 Å². The summed E-state index contributed by atoms with van der Waals surface area (Å²) in [5.74, 6) is 1.72. The van der Waals surface area contributed by atoms with Crippen LogP contribution in [0.15, 0.2) is 59.1 Å². The van der Waals surface area contributed by atoms with Gasteiger partial charge in [-0.3, -0.25) is 4.90 Å². The van der Waals surface area contributed by atoms with E-state index in [4.69, 9.17) is 5.10 Å². The standard InChI is InChI=1S/C25H29BrN4/c26-21-11-13-22(14-12-21)30-25-23(10-4-5-15-27-25)24(28-30)20-9-6-16-29(18-20)17-19-7-2-1-3-8-19/h1-3,7-8,11-14,20,27H,4-6,9-10,15-18H2. The molecule has 30 heavy (non-hydrogen) atoms. The maximum atomic E-state index is 5.21. The summed E-state index contributed by atoms with van der Waals surface area (Å²) in [6.07, 6.45) is 6.06. The van der Waals surface area contributed by atoms with Crippen LogP contribution < -0.4 is 5.32 Å². The highest BCUT2D eigenvalue weighted by Gasteiger charge is 2.29. The van der Waals surface area contributed by atoms with Crippen LogP contribution in [-0.4, -0.2) is 34.3 Å². The Bertz CT molecular complexity index is 980. The highest BCUT2D eigenvalue weighted by molar-refractivity contribution is 9.10. The van der Waals surface area contributed by atoms with Gasteiger partial charge in [-0.1, -0.05) is 46.3 Å². The Morgan fingerprint density at radius 3 is 2.67 bits per heavy atom. The van der Waals surface area contributed by atoms with Gasteiger partial charge < -0.3 is 5.32 Å². The number of benzene rings is 2. The summed E-state index contributed by atoms with van der Waals surface area (Å²) in [5, 5.41) is 8.90. The minimum atomic E-state index is 0.507. The fourth-order valence-corrected chi connectivity index (χ4v) is 5.15. The lowest BCUT2D eigenvalue weighted by Crippen LogP contribution is -2.34. The molecule has 1 fully saturated rings. The molecule has 4 nitrogen and oxygen atoms in total. The van der Waals surface area contributed by atoms with Crippen LogP contribution in [0.4, 0.5) is 5.82 Å². The lowest BCUT2D eigenvalue weighted by atomic mass is 9.91. The molecule has 2 aliphatic rings. The Morgan fingerprint density at radius 1 is 1.00 bits per heavy atom. The van der Waals surface area contributed by atoms with Crippen molar-refractivity contribution >= 4 is 21.7 Å². The summed E-state index contributed by atoms with van der Waals surface area (Å²) in [4.78, 5) is 2.61. The molecule has 1 unspecified atom stereocenters. The number of anilines is 1. The van der Waals surface area contributed by atoms with Crippen LogP contribution in [0.3, 0.4) is 0 Å². The fourth-order valence-electron chi connectivity index (χ4n) is 4.89. The molecule has 1 aromatic heterocycles. The van der Waals surface area contributed by atoms with E-state index in [-0.39, 0.29) is 0 Å². The molecule has 5 rings (SSSR count). The third kappa shape index (κ3) is 4.19. The van der Waals surface area contributed by atoms with Gasteiger partial charge in [0.25, 0.3) is 0 Å². The molecule has 0 spiro atoms. The first-order chi connectivity index (χ1) is 14.8. The summed E-state index contributed by atoms with van der Waals surface area (Å²) in [6, 6.07) is 19.4. The van der Waals surface area contributed by atoms with Gasteiger partial charge in [0.2, 0.25) is 0 Å². The Hall–Kier alpha value is -2.11. The van der Waals surface area contributed by atoms with Crippen molar-refractivity contribution in [3.63, 3.8) is 0 Å².